The first kappa shape index (κ1) is 25.7. The number of ether oxygens (including phenoxy) is 1. The molecule has 2 aliphatic rings. The summed E-state index contributed by atoms with van der Waals surface area (Å²) in [6, 6.07) is 7.45. The van der Waals surface area contributed by atoms with Gasteiger partial charge in [0, 0.05) is 45.8 Å². The largest absolute Gasteiger partial charge is 0.497 e. The van der Waals surface area contributed by atoms with Crippen LogP contribution in [0, 0.1) is 0 Å². The van der Waals surface area contributed by atoms with Gasteiger partial charge in [0.25, 0.3) is 0 Å². The molecule has 1 amide bonds. The van der Waals surface area contributed by atoms with E-state index in [4.69, 9.17) is 4.74 Å². The molecule has 0 aromatic heterocycles. The minimum absolute atomic E-state index is 0. The van der Waals surface area contributed by atoms with Crippen molar-refractivity contribution in [2.75, 3.05) is 66.0 Å². The van der Waals surface area contributed by atoms with Gasteiger partial charge in [-0.25, -0.2) is 0 Å². The van der Waals surface area contributed by atoms with Crippen LogP contribution in [0.1, 0.15) is 31.4 Å². The number of amides is 1. The second kappa shape index (κ2) is 13.1. The molecule has 0 saturated carbocycles. The number of nitrogens with one attached hydrogen (secondary N) is 1. The van der Waals surface area contributed by atoms with Gasteiger partial charge in [-0.15, -0.1) is 24.0 Å². The summed E-state index contributed by atoms with van der Waals surface area (Å²) in [7, 11) is 1.62. The van der Waals surface area contributed by atoms with Crippen molar-refractivity contribution in [3.63, 3.8) is 0 Å². The summed E-state index contributed by atoms with van der Waals surface area (Å²) in [6.45, 7) is 8.71. The summed E-state index contributed by atoms with van der Waals surface area (Å²) in [4.78, 5) is 23.5. The number of hydrogen-bond acceptors (Lipinski definition) is 5. The van der Waals surface area contributed by atoms with E-state index in [1.165, 1.54) is 0 Å². The van der Waals surface area contributed by atoms with Gasteiger partial charge in [0.1, 0.15) is 5.75 Å². The average molecular weight is 545 g/mol. The number of halogens is 1. The van der Waals surface area contributed by atoms with Crippen molar-refractivity contribution in [1.82, 2.24) is 20.0 Å². The van der Waals surface area contributed by atoms with E-state index in [0.717, 1.165) is 75.9 Å². The molecule has 1 unspecified atom stereocenters. The average Bonchev–Trinajstić information content (AvgIpc) is 3.32. The maximum absolute atomic E-state index is 12.4. The van der Waals surface area contributed by atoms with Crippen LogP contribution in [-0.4, -0.2) is 97.7 Å². The first-order chi connectivity index (χ1) is 14.6. The van der Waals surface area contributed by atoms with Gasteiger partial charge in [0.05, 0.1) is 26.3 Å². The highest BCUT2D eigenvalue weighted by molar-refractivity contribution is 14.0. The summed E-state index contributed by atoms with van der Waals surface area (Å²) >= 11 is 0. The summed E-state index contributed by atoms with van der Waals surface area (Å²) in [5.41, 5.74) is 0.791. The summed E-state index contributed by atoms with van der Waals surface area (Å²) in [5.74, 6) is 1.79. The lowest BCUT2D eigenvalue weighted by molar-refractivity contribution is -0.131. The number of aliphatic imine (C=N–C) groups is 1. The third kappa shape index (κ3) is 7.50. The molecule has 2 fully saturated rings. The van der Waals surface area contributed by atoms with E-state index in [9.17, 15) is 9.90 Å². The van der Waals surface area contributed by atoms with Crippen LogP contribution in [0.15, 0.2) is 29.3 Å². The lowest BCUT2D eigenvalue weighted by atomic mass is 10.1. The number of piperazine rings is 1. The molecule has 2 aliphatic heterocycles. The number of nitrogens with zero attached hydrogens (tertiary/aromatic N) is 4. The Morgan fingerprint density at radius 2 is 1.87 bits per heavy atom. The van der Waals surface area contributed by atoms with Crippen LogP contribution >= 0.6 is 24.0 Å². The van der Waals surface area contributed by atoms with Gasteiger partial charge in [-0.05, 0) is 37.5 Å². The summed E-state index contributed by atoms with van der Waals surface area (Å²) in [6.07, 6.45) is 1.57. The van der Waals surface area contributed by atoms with Crippen molar-refractivity contribution >= 4 is 35.8 Å². The van der Waals surface area contributed by atoms with Gasteiger partial charge in [0.2, 0.25) is 5.91 Å². The van der Waals surface area contributed by atoms with Crippen LogP contribution in [0.3, 0.4) is 0 Å². The lowest BCUT2D eigenvalue weighted by Gasteiger charge is -2.36. The van der Waals surface area contributed by atoms with E-state index < -0.39 is 6.10 Å². The number of guanidine groups is 1. The number of likely N-dealkylation sites (tertiary alicyclic amines) is 1. The quantitative estimate of drug-likeness (QED) is 0.308. The number of benzene rings is 1. The predicted octanol–water partition coefficient (Wildman–Crippen LogP) is 1.55. The molecule has 0 radical (unpaired) electrons. The van der Waals surface area contributed by atoms with Crippen molar-refractivity contribution < 1.29 is 14.6 Å². The summed E-state index contributed by atoms with van der Waals surface area (Å²) < 4.78 is 5.24. The van der Waals surface area contributed by atoms with E-state index in [1.54, 1.807) is 7.11 Å². The van der Waals surface area contributed by atoms with Gasteiger partial charge in [-0.3, -0.25) is 14.7 Å². The van der Waals surface area contributed by atoms with Crippen molar-refractivity contribution in [2.45, 2.75) is 25.9 Å². The number of hydrogen-bond donors (Lipinski definition) is 2. The zero-order valence-electron chi connectivity index (χ0n) is 18.6. The molecule has 2 heterocycles. The topological polar surface area (TPSA) is 80.6 Å². The van der Waals surface area contributed by atoms with E-state index in [0.29, 0.717) is 6.54 Å². The first-order valence-electron chi connectivity index (χ1n) is 11.0. The smallest absolute Gasteiger partial charge is 0.236 e. The zero-order valence-corrected chi connectivity index (χ0v) is 21.0. The monoisotopic (exact) mass is 545 g/mol. The number of rotatable bonds is 7. The molecule has 9 heteroatoms. The van der Waals surface area contributed by atoms with E-state index >= 15 is 0 Å². The Morgan fingerprint density at radius 1 is 1.16 bits per heavy atom. The molecule has 0 bridgehead atoms. The number of carbonyl (C=O) groups is 1. The van der Waals surface area contributed by atoms with Crippen LogP contribution in [0.5, 0.6) is 5.75 Å². The molecule has 0 aliphatic carbocycles. The van der Waals surface area contributed by atoms with Crippen molar-refractivity contribution in [3.8, 4) is 5.75 Å². The molecule has 0 spiro atoms. The second-order valence-electron chi connectivity index (χ2n) is 7.84. The Bertz CT molecular complexity index is 719. The Hall–Kier alpha value is -1.59. The highest BCUT2D eigenvalue weighted by atomic mass is 127. The van der Waals surface area contributed by atoms with E-state index in [-0.39, 0.29) is 36.4 Å². The van der Waals surface area contributed by atoms with Crippen LogP contribution in [0.2, 0.25) is 0 Å². The molecule has 3 rings (SSSR count). The molecule has 1 aromatic rings. The van der Waals surface area contributed by atoms with Gasteiger partial charge < -0.3 is 25.0 Å². The Morgan fingerprint density at radius 3 is 2.52 bits per heavy atom. The standard InChI is InChI=1S/C22H35N5O3.HI/c1-3-23-22(24-16-20(28)18-7-6-8-19(15-18)30-2)27-13-11-25(12-14-27)17-21(29)26-9-4-5-10-26;/h6-8,15,20,28H,3-5,9-14,16-17H2,1-2H3,(H,23,24);1H. The van der Waals surface area contributed by atoms with Crippen molar-refractivity contribution in [1.29, 1.82) is 0 Å². The van der Waals surface area contributed by atoms with Crippen LogP contribution in [0.25, 0.3) is 0 Å². The van der Waals surface area contributed by atoms with E-state index in [2.05, 4.69) is 20.1 Å². The van der Waals surface area contributed by atoms with Crippen LogP contribution in [0.4, 0.5) is 0 Å². The molecule has 8 nitrogen and oxygen atoms in total. The van der Waals surface area contributed by atoms with Crippen LogP contribution in [-0.2, 0) is 4.79 Å². The number of carbonyl (C=O) groups excluding carboxylic acids is 1. The van der Waals surface area contributed by atoms with Gasteiger partial charge in [-0.2, -0.15) is 0 Å². The SMILES string of the molecule is CCNC(=NCC(O)c1cccc(OC)c1)N1CCN(CC(=O)N2CCCC2)CC1.I. The van der Waals surface area contributed by atoms with Crippen molar-refractivity contribution in [2.24, 2.45) is 4.99 Å². The number of aliphatic hydroxyl groups is 1. The minimum atomic E-state index is -0.687. The fourth-order valence-corrected chi connectivity index (χ4v) is 3.93. The van der Waals surface area contributed by atoms with Gasteiger partial charge in [0.15, 0.2) is 5.96 Å². The number of methoxy groups -OCH3 is 1. The molecular weight excluding hydrogens is 509 g/mol. The maximum Gasteiger partial charge on any atom is 0.236 e. The normalized spacial score (nSPS) is 18.5. The fraction of sp³-hybridized carbons (Fsp3) is 0.636. The zero-order chi connectivity index (χ0) is 21.3. The highest BCUT2D eigenvalue weighted by Gasteiger charge is 2.24. The lowest BCUT2D eigenvalue weighted by Crippen LogP contribution is -2.54. The Kier molecular flexibility index (Phi) is 10.8. The van der Waals surface area contributed by atoms with E-state index in [1.807, 2.05) is 36.1 Å². The van der Waals surface area contributed by atoms with Crippen molar-refractivity contribution in [3.05, 3.63) is 29.8 Å². The second-order valence-corrected chi connectivity index (χ2v) is 7.84. The molecule has 1 atom stereocenters. The summed E-state index contributed by atoms with van der Waals surface area (Å²) in [5, 5.41) is 13.9. The predicted molar refractivity (Wildman–Crippen MR) is 133 cm³/mol. The fourth-order valence-electron chi connectivity index (χ4n) is 3.93. The molecular formula is C22H36IN5O3. The molecule has 2 N–H and O–H groups in total. The van der Waals surface area contributed by atoms with Gasteiger partial charge >= 0.3 is 0 Å². The minimum Gasteiger partial charge on any atom is -0.497 e. The Labute approximate surface area is 202 Å². The molecule has 174 valence electrons. The third-order valence-electron chi connectivity index (χ3n) is 5.72. The third-order valence-corrected chi connectivity index (χ3v) is 5.72. The van der Waals surface area contributed by atoms with Gasteiger partial charge in [-0.1, -0.05) is 12.1 Å². The molecule has 1 aromatic carbocycles. The van der Waals surface area contributed by atoms with Crippen LogP contribution < -0.4 is 10.1 Å². The highest BCUT2D eigenvalue weighted by Crippen LogP contribution is 2.19. The first-order valence-corrected chi connectivity index (χ1v) is 11.0. The maximum atomic E-state index is 12.4. The number of aliphatic hydroxyl groups excluding tert-OH is 1. The Balaban J connectivity index is 0.00000341. The molecule has 2 saturated heterocycles. The molecule has 31 heavy (non-hydrogen) atoms.